The van der Waals surface area contributed by atoms with Crippen LogP contribution in [0.3, 0.4) is 0 Å². The maximum atomic E-state index is 13.3. The summed E-state index contributed by atoms with van der Waals surface area (Å²) in [6.45, 7) is 4.60. The Hall–Kier alpha value is -3.79. The Morgan fingerprint density at radius 1 is 1.28 bits per heavy atom. The number of benzene rings is 2. The molecule has 7 heteroatoms. The highest BCUT2D eigenvalue weighted by atomic mass is 16.5. The monoisotopic (exact) mass is 486 g/mol. The summed E-state index contributed by atoms with van der Waals surface area (Å²) in [6.07, 6.45) is 9.03. The molecule has 0 spiro atoms. The third-order valence-corrected chi connectivity index (χ3v) is 7.41. The van der Waals surface area contributed by atoms with Gasteiger partial charge in [-0.15, -0.1) is 12.3 Å². The maximum Gasteiger partial charge on any atom is 0.251 e. The van der Waals surface area contributed by atoms with Gasteiger partial charge in [0.05, 0.1) is 25.1 Å². The molecule has 0 aliphatic carbocycles. The number of nitrogens with zero attached hydrogens (tertiary/aromatic N) is 1. The molecule has 2 aromatic rings. The van der Waals surface area contributed by atoms with Gasteiger partial charge in [0.2, 0.25) is 5.91 Å². The van der Waals surface area contributed by atoms with Crippen molar-refractivity contribution in [3.8, 4) is 18.1 Å². The zero-order valence-corrected chi connectivity index (χ0v) is 21.0. The van der Waals surface area contributed by atoms with E-state index >= 15 is 0 Å². The van der Waals surface area contributed by atoms with Gasteiger partial charge in [-0.3, -0.25) is 19.9 Å². The topological polar surface area (TPSA) is 94.5 Å². The zero-order valence-electron chi connectivity index (χ0n) is 21.0. The summed E-state index contributed by atoms with van der Waals surface area (Å²) in [7, 11) is 0. The van der Waals surface area contributed by atoms with E-state index < -0.39 is 11.6 Å². The Kier molecular flexibility index (Phi) is 7.64. The standard InChI is InChI=1S/C29H34N4O3/c1-4-7-14-24(33-26(34)19-29(5-2,6-3)32-28(33)30)20-11-10-12-21(18-20)27(35)31-23-16-17-36-25-15-9-8-13-22(23)25/h1,8-13,15,18,23-24H,5-7,14,16-17,19H2,2-3H3,(H2,30,32)(H,31,35)/t23-,24?/m0/s1. The average Bonchev–Trinajstić information content (AvgIpc) is 2.90. The molecule has 2 atom stereocenters. The van der Waals surface area contributed by atoms with Crippen molar-refractivity contribution in [2.24, 2.45) is 0 Å². The minimum atomic E-state index is -0.434. The fourth-order valence-electron chi connectivity index (χ4n) is 5.15. The summed E-state index contributed by atoms with van der Waals surface area (Å²) in [4.78, 5) is 28.1. The third-order valence-electron chi connectivity index (χ3n) is 7.41. The summed E-state index contributed by atoms with van der Waals surface area (Å²) in [5.74, 6) is 3.25. The fourth-order valence-corrected chi connectivity index (χ4v) is 5.15. The second-order valence-electron chi connectivity index (χ2n) is 9.49. The van der Waals surface area contributed by atoms with Crippen molar-refractivity contribution < 1.29 is 14.3 Å². The Morgan fingerprint density at radius 2 is 2.06 bits per heavy atom. The molecular formula is C29H34N4O3. The number of hydrogen-bond acceptors (Lipinski definition) is 4. The smallest absolute Gasteiger partial charge is 0.251 e. The number of carbonyl (C=O) groups is 2. The highest BCUT2D eigenvalue weighted by Crippen LogP contribution is 2.34. The molecule has 2 amide bonds. The Morgan fingerprint density at radius 3 is 2.78 bits per heavy atom. The lowest BCUT2D eigenvalue weighted by molar-refractivity contribution is -0.132. The van der Waals surface area contributed by atoms with Crippen molar-refractivity contribution in [1.82, 2.24) is 15.5 Å². The molecule has 2 aromatic carbocycles. The molecule has 36 heavy (non-hydrogen) atoms. The van der Waals surface area contributed by atoms with Crippen LogP contribution in [0.1, 0.15) is 85.9 Å². The number of rotatable bonds is 8. The van der Waals surface area contributed by atoms with Gasteiger partial charge in [0.1, 0.15) is 5.75 Å². The number of fused-ring (bicyclic) bond motifs is 1. The number of carbonyl (C=O) groups excluding carboxylic acids is 2. The van der Waals surface area contributed by atoms with Gasteiger partial charge >= 0.3 is 0 Å². The first-order chi connectivity index (χ1) is 17.4. The minimum absolute atomic E-state index is 0.0886. The van der Waals surface area contributed by atoms with Gasteiger partial charge in [0.15, 0.2) is 5.96 Å². The molecule has 0 radical (unpaired) electrons. The molecule has 4 rings (SSSR count). The van der Waals surface area contributed by atoms with Crippen LogP contribution in [0.25, 0.3) is 0 Å². The van der Waals surface area contributed by atoms with Gasteiger partial charge in [-0.2, -0.15) is 0 Å². The van der Waals surface area contributed by atoms with Gasteiger partial charge in [-0.05, 0) is 43.0 Å². The van der Waals surface area contributed by atoms with Crippen LogP contribution < -0.4 is 15.4 Å². The molecule has 0 saturated carbocycles. The summed E-state index contributed by atoms with van der Waals surface area (Å²) in [6, 6.07) is 14.5. The second-order valence-corrected chi connectivity index (χ2v) is 9.49. The van der Waals surface area contributed by atoms with Crippen LogP contribution in [0, 0.1) is 17.8 Å². The first-order valence-corrected chi connectivity index (χ1v) is 12.7. The normalized spacial score (nSPS) is 19.4. The van der Waals surface area contributed by atoms with Gasteiger partial charge in [-0.25, -0.2) is 0 Å². The fraction of sp³-hybridized carbons (Fsp3) is 0.414. The van der Waals surface area contributed by atoms with Gasteiger partial charge in [-0.1, -0.05) is 44.2 Å². The van der Waals surface area contributed by atoms with Crippen molar-refractivity contribution in [3.05, 3.63) is 65.2 Å². The van der Waals surface area contributed by atoms with Crippen molar-refractivity contribution in [3.63, 3.8) is 0 Å². The molecule has 1 saturated heterocycles. The number of para-hydroxylation sites is 1. The van der Waals surface area contributed by atoms with Gasteiger partial charge in [0, 0.05) is 29.5 Å². The van der Waals surface area contributed by atoms with Crippen LogP contribution >= 0.6 is 0 Å². The summed E-state index contributed by atoms with van der Waals surface area (Å²) >= 11 is 0. The number of guanidine groups is 1. The number of terminal acetylenes is 1. The molecule has 1 unspecified atom stereocenters. The lowest BCUT2D eigenvalue weighted by Crippen LogP contribution is -2.62. The number of ether oxygens (including phenoxy) is 1. The Labute approximate surface area is 213 Å². The molecule has 3 N–H and O–H groups in total. The quantitative estimate of drug-likeness (QED) is 0.471. The predicted molar refractivity (Wildman–Crippen MR) is 140 cm³/mol. The molecule has 2 heterocycles. The highest BCUT2D eigenvalue weighted by Gasteiger charge is 2.42. The molecule has 1 fully saturated rings. The Balaban J connectivity index is 1.58. The van der Waals surface area contributed by atoms with Crippen molar-refractivity contribution in [1.29, 1.82) is 5.41 Å². The highest BCUT2D eigenvalue weighted by molar-refractivity contribution is 6.00. The minimum Gasteiger partial charge on any atom is -0.493 e. The molecule has 0 aromatic heterocycles. The average molecular weight is 487 g/mol. The third kappa shape index (κ3) is 5.08. The number of hydrogen-bond donors (Lipinski definition) is 3. The van der Waals surface area contributed by atoms with E-state index in [0.29, 0.717) is 37.9 Å². The lowest BCUT2D eigenvalue weighted by Gasteiger charge is -2.45. The SMILES string of the molecule is C#CCCC(c1cccc(C(=O)N[C@H]2CCOc3ccccc32)c1)N1C(=N)NC(CC)(CC)CC1=O. The van der Waals surface area contributed by atoms with E-state index in [9.17, 15) is 9.59 Å². The van der Waals surface area contributed by atoms with E-state index in [4.69, 9.17) is 16.6 Å². The molecule has 7 nitrogen and oxygen atoms in total. The van der Waals surface area contributed by atoms with Crippen molar-refractivity contribution >= 4 is 17.8 Å². The van der Waals surface area contributed by atoms with Crippen molar-refractivity contribution in [2.75, 3.05) is 6.61 Å². The summed E-state index contributed by atoms with van der Waals surface area (Å²) < 4.78 is 5.72. The molecule has 0 bridgehead atoms. The molecule has 188 valence electrons. The van der Waals surface area contributed by atoms with Crippen LogP contribution in [0.15, 0.2) is 48.5 Å². The van der Waals surface area contributed by atoms with Crippen LogP contribution in [0.2, 0.25) is 0 Å². The van der Waals surface area contributed by atoms with E-state index in [1.54, 1.807) is 6.07 Å². The van der Waals surface area contributed by atoms with E-state index in [-0.39, 0.29) is 23.8 Å². The van der Waals surface area contributed by atoms with E-state index in [0.717, 1.165) is 29.7 Å². The molecule has 2 aliphatic rings. The van der Waals surface area contributed by atoms with E-state index in [1.807, 2.05) is 56.3 Å². The second kappa shape index (κ2) is 10.9. The van der Waals surface area contributed by atoms with Crippen LogP contribution in [0.5, 0.6) is 5.75 Å². The summed E-state index contributed by atoms with van der Waals surface area (Å²) in [5, 5.41) is 15.1. The van der Waals surface area contributed by atoms with Crippen LogP contribution in [-0.4, -0.2) is 34.8 Å². The lowest BCUT2D eigenvalue weighted by atomic mass is 9.85. The van der Waals surface area contributed by atoms with E-state index in [1.165, 1.54) is 4.90 Å². The molecule has 2 aliphatic heterocycles. The zero-order chi connectivity index (χ0) is 25.7. The summed E-state index contributed by atoms with van der Waals surface area (Å²) in [5.41, 5.74) is 1.85. The first-order valence-electron chi connectivity index (χ1n) is 12.7. The largest absolute Gasteiger partial charge is 0.493 e. The molecular weight excluding hydrogens is 452 g/mol. The number of amides is 2. The number of nitrogens with one attached hydrogen (secondary N) is 3. The Bertz CT molecular complexity index is 1160. The van der Waals surface area contributed by atoms with Crippen LogP contribution in [-0.2, 0) is 4.79 Å². The predicted octanol–water partition coefficient (Wildman–Crippen LogP) is 4.71. The van der Waals surface area contributed by atoms with Gasteiger partial charge in [0.25, 0.3) is 5.91 Å². The first kappa shape index (κ1) is 25.3. The van der Waals surface area contributed by atoms with Gasteiger partial charge < -0.3 is 15.4 Å². The van der Waals surface area contributed by atoms with Crippen LogP contribution in [0.4, 0.5) is 0 Å². The van der Waals surface area contributed by atoms with E-state index in [2.05, 4.69) is 16.6 Å². The van der Waals surface area contributed by atoms with Crippen molar-refractivity contribution in [2.45, 2.75) is 70.0 Å². The maximum absolute atomic E-state index is 13.3.